The highest BCUT2D eigenvalue weighted by atomic mass is 19.2. The number of allylic oxidation sites excluding steroid dienone is 3. The molecule has 2 unspecified atom stereocenters. The van der Waals surface area contributed by atoms with Crippen LogP contribution in [0.2, 0.25) is 0 Å². The van der Waals surface area contributed by atoms with E-state index in [2.05, 4.69) is 20.6 Å². The number of nitrogens with one attached hydrogen (secondary N) is 2. The minimum Gasteiger partial charge on any atom is -0.444 e. The molecule has 1 aliphatic heterocycles. The maximum absolute atomic E-state index is 14.4. The maximum atomic E-state index is 14.4. The molecule has 1 aromatic carbocycles. The Morgan fingerprint density at radius 1 is 1.06 bits per heavy atom. The van der Waals surface area contributed by atoms with E-state index in [1.807, 2.05) is 30.3 Å². The van der Waals surface area contributed by atoms with Crippen LogP contribution in [-0.2, 0) is 30.5 Å². The van der Waals surface area contributed by atoms with Gasteiger partial charge in [-0.25, -0.2) is 23.6 Å². The Morgan fingerprint density at radius 2 is 1.75 bits per heavy atom. The molecule has 1 aliphatic carbocycles. The van der Waals surface area contributed by atoms with E-state index < -0.39 is 47.1 Å². The summed E-state index contributed by atoms with van der Waals surface area (Å²) in [6.07, 6.45) is 3.78. The number of hydrogen-bond donors (Lipinski definition) is 2. The molecule has 2 N–H and O–H groups in total. The number of aromatic nitrogens is 2. The van der Waals surface area contributed by atoms with Gasteiger partial charge in [0.15, 0.2) is 12.0 Å². The molecule has 4 amide bonds. The standard InChI is InChI=1S/C34H42F2N6O6/c1-33(2,3)48-32(46)40-34(4,5)31(45)38-26(20-47-19-22-11-7-6-8-12-22)29(43)39-27-18-42(21-37-27)28(30(44)41-15-9-10-16-41)23-13-14-24(35)25(36)17-23/h6-8,11-14,18,21,25,28H,9-10,15-17,19-20H2,1-5H3,(H,39,43)(H,40,46). The topological polar surface area (TPSA) is 144 Å². The van der Waals surface area contributed by atoms with E-state index in [0.717, 1.165) is 24.5 Å². The summed E-state index contributed by atoms with van der Waals surface area (Å²) >= 11 is 0. The van der Waals surface area contributed by atoms with Crippen molar-refractivity contribution in [3.8, 4) is 0 Å². The first-order valence-electron chi connectivity index (χ1n) is 15.7. The zero-order chi connectivity index (χ0) is 35.1. The van der Waals surface area contributed by atoms with Crippen LogP contribution in [0, 0.1) is 0 Å². The molecule has 0 radical (unpaired) electrons. The highest BCUT2D eigenvalue weighted by molar-refractivity contribution is 6.45. The molecular weight excluding hydrogens is 626 g/mol. The number of hydrogen-bond acceptors (Lipinski definition) is 7. The largest absolute Gasteiger partial charge is 0.444 e. The van der Waals surface area contributed by atoms with Crippen LogP contribution >= 0.6 is 0 Å². The number of nitrogens with zero attached hydrogens (tertiary/aromatic N) is 4. The number of alkyl halides is 1. The van der Waals surface area contributed by atoms with Crippen LogP contribution in [0.3, 0.4) is 0 Å². The number of anilines is 1. The van der Waals surface area contributed by atoms with Gasteiger partial charge in [0.1, 0.15) is 28.7 Å². The number of carbonyl (C=O) groups excluding carboxylic acids is 4. The second-order valence-electron chi connectivity index (χ2n) is 13.2. The second-order valence-corrected chi connectivity index (χ2v) is 13.2. The van der Waals surface area contributed by atoms with Crippen LogP contribution in [0.4, 0.5) is 19.4 Å². The normalized spacial score (nSPS) is 17.7. The molecular formula is C34H42F2N6O6. The molecule has 4 rings (SSSR count). The van der Waals surface area contributed by atoms with Crippen molar-refractivity contribution in [2.24, 2.45) is 4.99 Å². The Kier molecular flexibility index (Phi) is 11.6. The van der Waals surface area contributed by atoms with Gasteiger partial charge >= 0.3 is 6.09 Å². The number of benzene rings is 1. The van der Waals surface area contributed by atoms with Gasteiger partial charge in [-0.2, -0.15) is 0 Å². The summed E-state index contributed by atoms with van der Waals surface area (Å²) in [7, 11) is 0. The molecule has 14 heteroatoms. The number of rotatable bonds is 11. The first kappa shape index (κ1) is 36.1. The predicted molar refractivity (Wildman–Crippen MR) is 174 cm³/mol. The number of alkyl carbamates (subject to hydrolysis) is 1. The first-order valence-corrected chi connectivity index (χ1v) is 15.7. The van der Waals surface area contributed by atoms with E-state index >= 15 is 0 Å². The third-order valence-corrected chi connectivity index (χ3v) is 7.51. The maximum Gasteiger partial charge on any atom is 0.408 e. The van der Waals surface area contributed by atoms with Crippen molar-refractivity contribution < 1.29 is 37.4 Å². The van der Waals surface area contributed by atoms with Crippen molar-refractivity contribution in [3.63, 3.8) is 0 Å². The summed E-state index contributed by atoms with van der Waals surface area (Å²) in [6.45, 7) is 8.72. The van der Waals surface area contributed by atoms with E-state index in [1.54, 1.807) is 25.7 Å². The molecule has 1 fully saturated rings. The predicted octanol–water partition coefficient (Wildman–Crippen LogP) is 4.99. The van der Waals surface area contributed by atoms with Crippen molar-refractivity contribution in [1.82, 2.24) is 19.8 Å². The van der Waals surface area contributed by atoms with Crippen molar-refractivity contribution in [2.45, 2.75) is 83.8 Å². The number of imidazole rings is 1. The van der Waals surface area contributed by atoms with Crippen molar-refractivity contribution in [1.29, 1.82) is 0 Å². The van der Waals surface area contributed by atoms with Crippen LogP contribution < -0.4 is 10.6 Å². The van der Waals surface area contributed by atoms with Gasteiger partial charge in [-0.3, -0.25) is 14.4 Å². The molecule has 2 aromatic rings. The molecule has 0 bridgehead atoms. The Morgan fingerprint density at radius 3 is 2.40 bits per heavy atom. The van der Waals surface area contributed by atoms with E-state index in [0.29, 0.717) is 18.7 Å². The van der Waals surface area contributed by atoms with Gasteiger partial charge in [-0.1, -0.05) is 36.4 Å². The average Bonchev–Trinajstić information content (AvgIpc) is 3.71. The lowest BCUT2D eigenvalue weighted by Gasteiger charge is -2.27. The fourth-order valence-corrected chi connectivity index (χ4v) is 5.05. The molecule has 1 saturated heterocycles. The molecule has 48 heavy (non-hydrogen) atoms. The quantitative estimate of drug-likeness (QED) is 0.321. The van der Waals surface area contributed by atoms with Gasteiger partial charge in [0.25, 0.3) is 11.8 Å². The van der Waals surface area contributed by atoms with Crippen molar-refractivity contribution in [3.05, 3.63) is 72.0 Å². The van der Waals surface area contributed by atoms with Crippen LogP contribution in [0.15, 0.2) is 71.4 Å². The zero-order valence-corrected chi connectivity index (χ0v) is 27.8. The van der Waals surface area contributed by atoms with E-state index in [4.69, 9.17) is 9.47 Å². The molecule has 1 aromatic heterocycles. The van der Waals surface area contributed by atoms with Crippen LogP contribution in [0.1, 0.15) is 65.5 Å². The number of carbonyl (C=O) groups is 4. The van der Waals surface area contributed by atoms with Gasteiger partial charge in [-0.05, 0) is 64.7 Å². The average molecular weight is 669 g/mol. The molecule has 12 nitrogen and oxygen atoms in total. The summed E-state index contributed by atoms with van der Waals surface area (Å²) in [4.78, 5) is 62.6. The summed E-state index contributed by atoms with van der Waals surface area (Å²) in [5.74, 6) is -2.84. The molecule has 0 saturated carbocycles. The highest BCUT2D eigenvalue weighted by Crippen LogP contribution is 2.33. The van der Waals surface area contributed by atoms with Gasteiger partial charge in [-0.15, -0.1) is 0 Å². The smallest absolute Gasteiger partial charge is 0.408 e. The number of halogens is 2. The summed E-state index contributed by atoms with van der Waals surface area (Å²) in [6, 6.07) is 8.17. The fourth-order valence-electron chi connectivity index (χ4n) is 5.05. The summed E-state index contributed by atoms with van der Waals surface area (Å²) < 4.78 is 40.6. The fraction of sp³-hybridized carbons (Fsp3) is 0.471. The van der Waals surface area contributed by atoms with Crippen molar-refractivity contribution >= 4 is 35.3 Å². The third-order valence-electron chi connectivity index (χ3n) is 7.51. The minimum atomic E-state index is -1.87. The van der Waals surface area contributed by atoms with Gasteiger partial charge in [0, 0.05) is 25.7 Å². The third kappa shape index (κ3) is 9.89. The lowest BCUT2D eigenvalue weighted by atomic mass is 9.95. The van der Waals surface area contributed by atoms with Gasteiger partial charge in [0.2, 0.25) is 5.91 Å². The Hall–Kier alpha value is -4.72. The summed E-state index contributed by atoms with van der Waals surface area (Å²) in [5, 5.41) is 5.06. The Labute approximate surface area is 278 Å². The van der Waals surface area contributed by atoms with Gasteiger partial charge in [0.05, 0.1) is 19.5 Å². The minimum absolute atomic E-state index is 0.0171. The van der Waals surface area contributed by atoms with Crippen LogP contribution in [0.5, 0.6) is 0 Å². The Bertz CT molecular complexity index is 1590. The molecule has 258 valence electrons. The van der Waals surface area contributed by atoms with Crippen LogP contribution in [-0.4, -0.2) is 81.0 Å². The lowest BCUT2D eigenvalue weighted by Crippen LogP contribution is -2.51. The molecule has 2 atom stereocenters. The number of ether oxygens (including phenoxy) is 2. The second kappa shape index (κ2) is 15.5. The van der Waals surface area contributed by atoms with E-state index in [9.17, 15) is 28.0 Å². The van der Waals surface area contributed by atoms with E-state index in [1.165, 1.54) is 37.0 Å². The van der Waals surface area contributed by atoms with Crippen molar-refractivity contribution in [2.75, 3.05) is 25.0 Å². The summed E-state index contributed by atoms with van der Waals surface area (Å²) in [5.41, 5.74) is -1.47. The molecule has 2 aliphatic rings. The van der Waals surface area contributed by atoms with Crippen LogP contribution in [0.25, 0.3) is 0 Å². The monoisotopic (exact) mass is 668 g/mol. The molecule has 2 heterocycles. The van der Waals surface area contributed by atoms with E-state index in [-0.39, 0.29) is 37.1 Å². The number of likely N-dealkylation sites (tertiary alicyclic amines) is 1. The SMILES string of the molecule is CC(C)(C)OC(=O)NC(C)(C)C(=O)N=C(COCc1ccccc1)C(=O)Nc1cn(C(C(=O)N2CCCC2)C2=CC=C(F)C(F)C2)cn1. The van der Waals surface area contributed by atoms with Gasteiger partial charge < -0.3 is 29.6 Å². The number of amides is 4. The Balaban J connectivity index is 1.56. The lowest BCUT2D eigenvalue weighted by molar-refractivity contribution is -0.132. The first-order chi connectivity index (χ1) is 22.6. The molecule has 0 spiro atoms. The zero-order valence-electron chi connectivity index (χ0n) is 27.8. The highest BCUT2D eigenvalue weighted by Gasteiger charge is 2.35. The number of aliphatic imine (C=N–C) groups is 1.